The lowest BCUT2D eigenvalue weighted by atomic mass is 10.1. The van der Waals surface area contributed by atoms with Crippen molar-refractivity contribution in [2.45, 2.75) is 31.6 Å². The number of hydrogen-bond donors (Lipinski definition) is 2. The molecule has 0 atom stereocenters. The van der Waals surface area contributed by atoms with E-state index in [0.29, 0.717) is 18.4 Å². The first-order valence-electron chi connectivity index (χ1n) is 8.78. The van der Waals surface area contributed by atoms with Crippen LogP contribution in [-0.2, 0) is 21.2 Å². The molecule has 0 saturated carbocycles. The predicted molar refractivity (Wildman–Crippen MR) is 105 cm³/mol. The van der Waals surface area contributed by atoms with Crippen LogP contribution in [0.15, 0.2) is 47.4 Å². The molecule has 6 nitrogen and oxygen atoms in total. The minimum absolute atomic E-state index is 0.122. The number of hydrogen-bond acceptors (Lipinski definition) is 4. The van der Waals surface area contributed by atoms with Gasteiger partial charge in [0.05, 0.1) is 12.0 Å². The molecule has 0 fully saturated rings. The molecule has 0 aromatic heterocycles. The van der Waals surface area contributed by atoms with Gasteiger partial charge in [-0.15, -0.1) is 0 Å². The minimum Gasteiger partial charge on any atom is -0.497 e. The van der Waals surface area contributed by atoms with E-state index in [1.807, 2.05) is 37.3 Å². The van der Waals surface area contributed by atoms with E-state index in [1.165, 1.54) is 0 Å². The van der Waals surface area contributed by atoms with Crippen molar-refractivity contribution in [2.75, 3.05) is 20.2 Å². The van der Waals surface area contributed by atoms with Crippen LogP contribution in [0.4, 0.5) is 0 Å². The molecule has 0 heterocycles. The molecule has 7 heteroatoms. The van der Waals surface area contributed by atoms with Gasteiger partial charge in [-0.1, -0.05) is 24.3 Å². The van der Waals surface area contributed by atoms with Crippen molar-refractivity contribution in [3.63, 3.8) is 0 Å². The lowest BCUT2D eigenvalue weighted by molar-refractivity contribution is -0.121. The van der Waals surface area contributed by atoms with Crippen molar-refractivity contribution < 1.29 is 17.9 Å². The predicted octanol–water partition coefficient (Wildman–Crippen LogP) is 2.34. The van der Waals surface area contributed by atoms with Gasteiger partial charge in [-0.05, 0) is 55.2 Å². The van der Waals surface area contributed by atoms with Crippen LogP contribution in [-0.4, -0.2) is 34.5 Å². The minimum atomic E-state index is -3.59. The maximum absolute atomic E-state index is 12.4. The number of amides is 1. The molecular formula is C20H26N2O4S. The molecule has 2 rings (SSSR count). The van der Waals surface area contributed by atoms with Crippen molar-refractivity contribution in [2.24, 2.45) is 0 Å². The maximum Gasteiger partial charge on any atom is 0.240 e. The fraction of sp³-hybridized carbons (Fsp3) is 0.350. The molecule has 0 aliphatic carbocycles. The molecule has 1 amide bonds. The molecule has 0 spiro atoms. The summed E-state index contributed by atoms with van der Waals surface area (Å²) in [6, 6.07) is 12.9. The average Bonchev–Trinajstić information content (AvgIpc) is 2.65. The van der Waals surface area contributed by atoms with Crippen molar-refractivity contribution in [3.8, 4) is 5.75 Å². The third kappa shape index (κ3) is 6.37. The molecule has 0 bridgehead atoms. The molecule has 2 aromatic rings. The zero-order valence-corrected chi connectivity index (χ0v) is 16.7. The highest BCUT2D eigenvalue weighted by molar-refractivity contribution is 7.89. The second kappa shape index (κ2) is 9.53. The zero-order valence-electron chi connectivity index (χ0n) is 15.9. The topological polar surface area (TPSA) is 84.5 Å². The van der Waals surface area contributed by atoms with Crippen LogP contribution >= 0.6 is 0 Å². The first-order valence-corrected chi connectivity index (χ1v) is 10.3. The largest absolute Gasteiger partial charge is 0.497 e. The van der Waals surface area contributed by atoms with E-state index in [-0.39, 0.29) is 23.9 Å². The van der Waals surface area contributed by atoms with E-state index in [9.17, 15) is 13.2 Å². The Kier molecular flexibility index (Phi) is 7.38. The normalized spacial score (nSPS) is 11.2. The number of sulfonamides is 1. The monoisotopic (exact) mass is 390 g/mol. The Bertz CT molecular complexity index is 895. The number of ether oxygens (including phenoxy) is 1. The van der Waals surface area contributed by atoms with Gasteiger partial charge in [0, 0.05) is 19.5 Å². The molecule has 2 N–H and O–H groups in total. The Hall–Kier alpha value is -2.38. The highest BCUT2D eigenvalue weighted by atomic mass is 32.2. The second-order valence-electron chi connectivity index (χ2n) is 6.37. The van der Waals surface area contributed by atoms with Gasteiger partial charge in [-0.2, -0.15) is 0 Å². The molecular weight excluding hydrogens is 364 g/mol. The van der Waals surface area contributed by atoms with Crippen LogP contribution in [0.1, 0.15) is 23.1 Å². The molecule has 0 unspecified atom stereocenters. The number of nitrogens with one attached hydrogen (secondary N) is 2. The summed E-state index contributed by atoms with van der Waals surface area (Å²) in [5.74, 6) is 0.637. The van der Waals surface area contributed by atoms with Crippen LogP contribution in [0.2, 0.25) is 0 Å². The third-order valence-corrected chi connectivity index (χ3v) is 5.75. The number of rotatable bonds is 9. The van der Waals surface area contributed by atoms with Crippen molar-refractivity contribution in [1.29, 1.82) is 0 Å². The van der Waals surface area contributed by atoms with Gasteiger partial charge in [0.25, 0.3) is 0 Å². The highest BCUT2D eigenvalue weighted by Crippen LogP contribution is 2.16. The molecule has 0 aliphatic rings. The zero-order chi connectivity index (χ0) is 19.9. The summed E-state index contributed by atoms with van der Waals surface area (Å²) in [6.07, 6.45) is 0.925. The first-order chi connectivity index (χ1) is 12.8. The molecule has 0 radical (unpaired) electrons. The van der Waals surface area contributed by atoms with Crippen LogP contribution in [0, 0.1) is 13.8 Å². The van der Waals surface area contributed by atoms with Gasteiger partial charge in [0.1, 0.15) is 5.75 Å². The van der Waals surface area contributed by atoms with Gasteiger partial charge in [-0.3, -0.25) is 4.79 Å². The number of carbonyl (C=O) groups is 1. The number of carbonyl (C=O) groups excluding carboxylic acids is 1. The summed E-state index contributed by atoms with van der Waals surface area (Å²) in [6.45, 7) is 3.98. The summed E-state index contributed by atoms with van der Waals surface area (Å²) in [7, 11) is -1.99. The van der Waals surface area contributed by atoms with E-state index in [2.05, 4.69) is 10.0 Å². The Morgan fingerprint density at radius 2 is 1.85 bits per heavy atom. The van der Waals surface area contributed by atoms with Gasteiger partial charge < -0.3 is 10.1 Å². The fourth-order valence-electron chi connectivity index (χ4n) is 2.64. The van der Waals surface area contributed by atoms with Crippen molar-refractivity contribution >= 4 is 15.9 Å². The van der Waals surface area contributed by atoms with Crippen LogP contribution < -0.4 is 14.8 Å². The lowest BCUT2D eigenvalue weighted by Crippen LogP contribution is -2.35. The van der Waals surface area contributed by atoms with Gasteiger partial charge in [-0.25, -0.2) is 13.1 Å². The van der Waals surface area contributed by atoms with Gasteiger partial charge in [0.15, 0.2) is 0 Å². The SMILES string of the molecule is COc1cccc(CCC(=O)NCCNS(=O)(=O)c2cc(C)ccc2C)c1. The van der Waals surface area contributed by atoms with E-state index in [0.717, 1.165) is 16.9 Å². The summed E-state index contributed by atoms with van der Waals surface area (Å²) in [4.78, 5) is 12.2. The van der Waals surface area contributed by atoms with E-state index in [4.69, 9.17) is 4.74 Å². The van der Waals surface area contributed by atoms with Gasteiger partial charge in [0.2, 0.25) is 15.9 Å². The molecule has 0 saturated heterocycles. The number of aryl methyl sites for hydroxylation is 3. The summed E-state index contributed by atoms with van der Waals surface area (Å²) in [5, 5.41) is 2.73. The second-order valence-corrected chi connectivity index (χ2v) is 8.10. The van der Waals surface area contributed by atoms with Crippen molar-refractivity contribution in [1.82, 2.24) is 10.0 Å². The fourth-order valence-corrected chi connectivity index (χ4v) is 4.00. The Morgan fingerprint density at radius 1 is 1.07 bits per heavy atom. The summed E-state index contributed by atoms with van der Waals surface area (Å²) >= 11 is 0. The average molecular weight is 391 g/mol. The van der Waals surface area contributed by atoms with E-state index >= 15 is 0 Å². The molecule has 0 aliphatic heterocycles. The Morgan fingerprint density at radius 3 is 2.59 bits per heavy atom. The van der Waals surface area contributed by atoms with Crippen molar-refractivity contribution in [3.05, 3.63) is 59.2 Å². The molecule has 27 heavy (non-hydrogen) atoms. The first kappa shape index (κ1) is 20.9. The van der Waals surface area contributed by atoms with Crippen LogP contribution in [0.25, 0.3) is 0 Å². The van der Waals surface area contributed by atoms with Gasteiger partial charge >= 0.3 is 0 Å². The number of benzene rings is 2. The highest BCUT2D eigenvalue weighted by Gasteiger charge is 2.16. The third-order valence-electron chi connectivity index (χ3n) is 4.15. The summed E-state index contributed by atoms with van der Waals surface area (Å²) in [5.41, 5.74) is 2.59. The quantitative estimate of drug-likeness (QED) is 0.644. The maximum atomic E-state index is 12.4. The molecule has 2 aromatic carbocycles. The van der Waals surface area contributed by atoms with Crippen LogP contribution in [0.5, 0.6) is 5.75 Å². The summed E-state index contributed by atoms with van der Waals surface area (Å²) < 4.78 is 32.5. The van der Waals surface area contributed by atoms with E-state index in [1.54, 1.807) is 26.2 Å². The standard InChI is InChI=1S/C20H26N2O4S/c1-15-7-8-16(2)19(13-15)27(24,25)22-12-11-21-20(23)10-9-17-5-4-6-18(14-17)26-3/h4-8,13-14,22H,9-12H2,1-3H3,(H,21,23). The Balaban J connectivity index is 1.77. The molecule has 146 valence electrons. The Labute approximate surface area is 161 Å². The van der Waals surface area contributed by atoms with Crippen LogP contribution in [0.3, 0.4) is 0 Å². The lowest BCUT2D eigenvalue weighted by Gasteiger charge is -2.11. The smallest absolute Gasteiger partial charge is 0.240 e. The number of methoxy groups -OCH3 is 1. The van der Waals surface area contributed by atoms with E-state index < -0.39 is 10.0 Å².